The minimum atomic E-state index is -4.51. The van der Waals surface area contributed by atoms with E-state index in [0.29, 0.717) is 34.6 Å². The number of carbonyl (C=O) groups excluding carboxylic acids is 1. The molecule has 0 saturated carbocycles. The summed E-state index contributed by atoms with van der Waals surface area (Å²) in [6, 6.07) is 8.78. The van der Waals surface area contributed by atoms with E-state index in [2.05, 4.69) is 32.0 Å². The third-order valence-corrected chi connectivity index (χ3v) is 6.33. The second kappa shape index (κ2) is 10.1. The molecule has 1 N–H and O–H groups in total. The van der Waals surface area contributed by atoms with Crippen LogP contribution < -0.4 is 5.32 Å². The van der Waals surface area contributed by atoms with Gasteiger partial charge in [-0.2, -0.15) is 13.2 Å². The van der Waals surface area contributed by atoms with Gasteiger partial charge < -0.3 is 5.32 Å². The zero-order chi connectivity index (χ0) is 26.0. The van der Waals surface area contributed by atoms with Crippen LogP contribution in [0.5, 0.6) is 0 Å². The van der Waals surface area contributed by atoms with Crippen molar-refractivity contribution in [3.63, 3.8) is 0 Å². The first-order valence-corrected chi connectivity index (χ1v) is 11.9. The van der Waals surface area contributed by atoms with Crippen molar-refractivity contribution in [1.82, 2.24) is 19.3 Å². The number of aryl methyl sites for hydroxylation is 1. The smallest absolute Gasteiger partial charge is 0.322 e. The van der Waals surface area contributed by atoms with Crippen LogP contribution in [0.15, 0.2) is 61.2 Å². The summed E-state index contributed by atoms with van der Waals surface area (Å²) in [6.07, 6.45) is 4.23. The van der Waals surface area contributed by atoms with Gasteiger partial charge in [-0.3, -0.25) is 19.1 Å². The van der Waals surface area contributed by atoms with E-state index in [9.17, 15) is 18.0 Å². The van der Waals surface area contributed by atoms with Crippen LogP contribution in [0, 0.1) is 18.8 Å². The van der Waals surface area contributed by atoms with Gasteiger partial charge >= 0.3 is 6.18 Å². The first kappa shape index (κ1) is 24.5. The van der Waals surface area contributed by atoms with Gasteiger partial charge in [0, 0.05) is 35.8 Å². The summed E-state index contributed by atoms with van der Waals surface area (Å²) in [5, 5.41) is 2.65. The molecule has 0 atom stereocenters. The van der Waals surface area contributed by atoms with Crippen LogP contribution in [0.1, 0.15) is 51.1 Å². The third-order valence-electron chi connectivity index (χ3n) is 6.33. The van der Waals surface area contributed by atoms with Crippen LogP contribution in [0.2, 0.25) is 0 Å². The lowest BCUT2D eigenvalue weighted by Gasteiger charge is -2.18. The van der Waals surface area contributed by atoms with E-state index in [0.717, 1.165) is 43.6 Å². The van der Waals surface area contributed by atoms with Gasteiger partial charge in [0.1, 0.15) is 5.69 Å². The maximum atomic E-state index is 13.6. The standard InChI is InChI=1S/C28H24F3N5O/c1-19-4-5-22(14-21(19)6-7-25-16-33-26-17-32-8-11-36(25)26)27(37)34-24-13-20(18-35-9-2-3-10-35)12-23(15-24)28(29,30)31/h4-5,8,11-17H,2-3,9-10,18H2,1H3,(H,34,37). The lowest BCUT2D eigenvalue weighted by Crippen LogP contribution is -2.19. The molecule has 1 aliphatic heterocycles. The zero-order valence-electron chi connectivity index (χ0n) is 20.1. The third kappa shape index (κ3) is 5.65. The number of hydrogen-bond donors (Lipinski definition) is 1. The highest BCUT2D eigenvalue weighted by atomic mass is 19.4. The fraction of sp³-hybridized carbons (Fsp3) is 0.250. The molecule has 5 rings (SSSR count). The van der Waals surface area contributed by atoms with Crippen LogP contribution in [-0.4, -0.2) is 38.3 Å². The number of likely N-dealkylation sites (tertiary alicyclic amines) is 1. The molecule has 0 unspecified atom stereocenters. The maximum Gasteiger partial charge on any atom is 0.416 e. The summed E-state index contributed by atoms with van der Waals surface area (Å²) in [6.45, 7) is 4.01. The largest absolute Gasteiger partial charge is 0.416 e. The summed E-state index contributed by atoms with van der Waals surface area (Å²) < 4.78 is 42.5. The highest BCUT2D eigenvalue weighted by Gasteiger charge is 2.31. The van der Waals surface area contributed by atoms with E-state index in [1.807, 2.05) is 6.92 Å². The molecular weight excluding hydrogens is 479 g/mol. The van der Waals surface area contributed by atoms with Gasteiger partial charge in [-0.1, -0.05) is 12.0 Å². The number of rotatable bonds is 4. The van der Waals surface area contributed by atoms with Crippen molar-refractivity contribution in [2.75, 3.05) is 18.4 Å². The first-order chi connectivity index (χ1) is 17.8. The highest BCUT2D eigenvalue weighted by molar-refractivity contribution is 6.04. The van der Waals surface area contributed by atoms with Gasteiger partial charge in [0.15, 0.2) is 5.65 Å². The SMILES string of the molecule is Cc1ccc(C(=O)Nc2cc(CN3CCCC3)cc(C(F)(F)F)c2)cc1C#Cc1cnc2cnccn12. The molecule has 1 aliphatic rings. The van der Waals surface area contributed by atoms with Crippen molar-refractivity contribution in [2.45, 2.75) is 32.5 Å². The predicted octanol–water partition coefficient (Wildman–Crippen LogP) is 5.30. The Morgan fingerprint density at radius 3 is 2.68 bits per heavy atom. The Balaban J connectivity index is 1.40. The lowest BCUT2D eigenvalue weighted by atomic mass is 10.0. The van der Waals surface area contributed by atoms with Crippen molar-refractivity contribution in [3.05, 3.63) is 94.7 Å². The Bertz CT molecular complexity index is 1520. The van der Waals surface area contributed by atoms with Crippen LogP contribution in [0.25, 0.3) is 5.65 Å². The maximum absolute atomic E-state index is 13.6. The molecule has 4 aromatic rings. The number of carbonyl (C=O) groups is 1. The van der Waals surface area contributed by atoms with E-state index in [1.54, 1.807) is 53.5 Å². The summed E-state index contributed by atoms with van der Waals surface area (Å²) in [4.78, 5) is 23.4. The molecule has 0 bridgehead atoms. The molecule has 1 fully saturated rings. The normalized spacial score (nSPS) is 13.9. The number of benzene rings is 2. The monoisotopic (exact) mass is 503 g/mol. The molecule has 2 aromatic carbocycles. The Labute approximate surface area is 212 Å². The van der Waals surface area contributed by atoms with Gasteiger partial charge in [0.05, 0.1) is 18.0 Å². The van der Waals surface area contributed by atoms with Crippen molar-refractivity contribution in [1.29, 1.82) is 0 Å². The number of imidazole rings is 1. The number of aromatic nitrogens is 3. The molecule has 9 heteroatoms. The predicted molar refractivity (Wildman–Crippen MR) is 134 cm³/mol. The van der Waals surface area contributed by atoms with E-state index < -0.39 is 17.6 Å². The lowest BCUT2D eigenvalue weighted by molar-refractivity contribution is -0.137. The van der Waals surface area contributed by atoms with Gasteiger partial charge in [0.2, 0.25) is 0 Å². The van der Waals surface area contributed by atoms with E-state index in [1.165, 1.54) is 0 Å². The average molecular weight is 504 g/mol. The van der Waals surface area contributed by atoms with Crippen LogP contribution in [0.4, 0.5) is 18.9 Å². The van der Waals surface area contributed by atoms with E-state index in [-0.39, 0.29) is 5.69 Å². The first-order valence-electron chi connectivity index (χ1n) is 11.9. The average Bonchev–Trinajstić information content (AvgIpc) is 3.53. The minimum absolute atomic E-state index is 0.113. The number of nitrogens with one attached hydrogen (secondary N) is 1. The van der Waals surface area contributed by atoms with E-state index >= 15 is 0 Å². The number of hydrogen-bond acceptors (Lipinski definition) is 4. The highest BCUT2D eigenvalue weighted by Crippen LogP contribution is 2.33. The molecule has 6 nitrogen and oxygen atoms in total. The Kier molecular flexibility index (Phi) is 6.68. The molecule has 3 heterocycles. The molecule has 1 amide bonds. The number of alkyl halides is 3. The van der Waals surface area contributed by atoms with Gasteiger partial charge in [-0.15, -0.1) is 0 Å². The molecular formula is C28H24F3N5O. The fourth-order valence-electron chi connectivity index (χ4n) is 4.39. The number of anilines is 1. The second-order valence-electron chi connectivity index (χ2n) is 9.08. The summed E-state index contributed by atoms with van der Waals surface area (Å²) in [7, 11) is 0. The summed E-state index contributed by atoms with van der Waals surface area (Å²) in [5.74, 6) is 5.64. The Hall–Kier alpha value is -4.16. The molecule has 188 valence electrons. The molecule has 0 aliphatic carbocycles. The Morgan fingerprint density at radius 2 is 1.89 bits per heavy atom. The number of fused-ring (bicyclic) bond motifs is 1. The quantitative estimate of drug-likeness (QED) is 0.384. The molecule has 1 saturated heterocycles. The number of amides is 1. The molecule has 2 aromatic heterocycles. The fourth-order valence-corrected chi connectivity index (χ4v) is 4.39. The van der Waals surface area contributed by atoms with Crippen LogP contribution >= 0.6 is 0 Å². The van der Waals surface area contributed by atoms with Gasteiger partial charge in [0.25, 0.3) is 5.91 Å². The molecule has 37 heavy (non-hydrogen) atoms. The van der Waals surface area contributed by atoms with Crippen molar-refractivity contribution < 1.29 is 18.0 Å². The number of nitrogens with zero attached hydrogens (tertiary/aromatic N) is 4. The van der Waals surface area contributed by atoms with Crippen LogP contribution in [0.3, 0.4) is 0 Å². The molecule has 0 radical (unpaired) electrons. The van der Waals surface area contributed by atoms with Gasteiger partial charge in [-0.25, -0.2) is 4.98 Å². The summed E-state index contributed by atoms with van der Waals surface area (Å²) in [5.41, 5.74) is 2.99. The minimum Gasteiger partial charge on any atom is -0.322 e. The van der Waals surface area contributed by atoms with E-state index in [4.69, 9.17) is 0 Å². The number of halogens is 3. The molecule has 0 spiro atoms. The van der Waals surface area contributed by atoms with Crippen molar-refractivity contribution >= 4 is 17.2 Å². The Morgan fingerprint density at radius 1 is 1.08 bits per heavy atom. The topological polar surface area (TPSA) is 62.5 Å². The van der Waals surface area contributed by atoms with Crippen LogP contribution in [-0.2, 0) is 12.7 Å². The van der Waals surface area contributed by atoms with Crippen molar-refractivity contribution in [3.8, 4) is 11.8 Å². The van der Waals surface area contributed by atoms with Gasteiger partial charge in [-0.05, 0) is 80.2 Å². The zero-order valence-corrected chi connectivity index (χ0v) is 20.1. The van der Waals surface area contributed by atoms with Crippen molar-refractivity contribution in [2.24, 2.45) is 0 Å². The second-order valence-corrected chi connectivity index (χ2v) is 9.08. The summed E-state index contributed by atoms with van der Waals surface area (Å²) >= 11 is 0.